The Kier molecular flexibility index (Phi) is 4.97. The Hall–Kier alpha value is -2.63. The molecule has 5 atom stereocenters. The molecule has 1 spiro atoms. The minimum absolute atomic E-state index is 0.0124. The van der Waals surface area contributed by atoms with Crippen LogP contribution in [0, 0.1) is 12.8 Å². The molecule has 5 nitrogen and oxygen atoms in total. The van der Waals surface area contributed by atoms with Crippen molar-refractivity contribution in [2.75, 3.05) is 20.1 Å². The normalized spacial score (nSPS) is 34.4. The summed E-state index contributed by atoms with van der Waals surface area (Å²) < 4.78 is 6.74. The molecule has 36 heavy (non-hydrogen) atoms. The van der Waals surface area contributed by atoms with Crippen LogP contribution < -0.4 is 4.74 Å². The standard InChI is InChI=1S/C31H36N2O3/c1-20-5-3-6-21(17-20)11-12-27(34)32(2)24-13-14-31(35)26-18-23-7-4-8-25-28(23)30(31,29(24)36-25)15-16-33(26)19-22-9-10-22/h3-8,11-12,17,22,24,26,29,35H,9-10,13-16,18-19H2,1-2H3/t24-,26+,29-,30-,31+/m0/s1. The average molecular weight is 485 g/mol. The third kappa shape index (κ3) is 3.12. The number of ether oxygens (including phenoxy) is 1. The number of piperidine rings is 1. The van der Waals surface area contributed by atoms with Crippen molar-refractivity contribution >= 4 is 12.0 Å². The van der Waals surface area contributed by atoms with Crippen molar-refractivity contribution < 1.29 is 14.6 Å². The van der Waals surface area contributed by atoms with Crippen molar-refractivity contribution in [1.82, 2.24) is 9.80 Å². The third-order valence-electron chi connectivity index (χ3n) is 9.94. The molecule has 3 aliphatic carbocycles. The van der Waals surface area contributed by atoms with Crippen molar-refractivity contribution in [3.8, 4) is 5.75 Å². The van der Waals surface area contributed by atoms with E-state index in [4.69, 9.17) is 4.74 Å². The van der Waals surface area contributed by atoms with Gasteiger partial charge in [-0.15, -0.1) is 0 Å². The highest BCUT2D eigenvalue weighted by molar-refractivity contribution is 5.92. The Morgan fingerprint density at radius 1 is 1.19 bits per heavy atom. The number of carbonyl (C=O) groups excluding carboxylic acids is 1. The molecule has 188 valence electrons. The van der Waals surface area contributed by atoms with Crippen LogP contribution in [0.5, 0.6) is 5.75 Å². The van der Waals surface area contributed by atoms with E-state index in [0.717, 1.165) is 49.6 Å². The first-order valence-corrected chi connectivity index (χ1v) is 13.7. The molecule has 2 aliphatic heterocycles. The van der Waals surface area contributed by atoms with Crippen molar-refractivity contribution in [1.29, 1.82) is 0 Å². The van der Waals surface area contributed by atoms with Crippen molar-refractivity contribution in [3.05, 3.63) is 70.8 Å². The van der Waals surface area contributed by atoms with E-state index >= 15 is 0 Å². The Balaban J connectivity index is 1.23. The number of aliphatic hydroxyl groups is 1. The number of hydrogen-bond acceptors (Lipinski definition) is 4. The second-order valence-corrected chi connectivity index (χ2v) is 11.9. The van der Waals surface area contributed by atoms with Crippen molar-refractivity contribution in [3.63, 3.8) is 0 Å². The maximum atomic E-state index is 13.4. The van der Waals surface area contributed by atoms with Gasteiger partial charge < -0.3 is 14.7 Å². The molecule has 5 heteroatoms. The predicted molar refractivity (Wildman–Crippen MR) is 140 cm³/mol. The van der Waals surface area contributed by atoms with E-state index in [-0.39, 0.29) is 24.1 Å². The second-order valence-electron chi connectivity index (χ2n) is 11.9. The topological polar surface area (TPSA) is 53.0 Å². The van der Waals surface area contributed by atoms with Crippen LogP contribution in [0.4, 0.5) is 0 Å². The van der Waals surface area contributed by atoms with E-state index in [1.807, 2.05) is 30.2 Å². The summed E-state index contributed by atoms with van der Waals surface area (Å²) in [6.07, 6.45) is 9.24. The van der Waals surface area contributed by atoms with Gasteiger partial charge in [-0.25, -0.2) is 0 Å². The van der Waals surface area contributed by atoms with Crippen LogP contribution in [0.2, 0.25) is 0 Å². The quantitative estimate of drug-likeness (QED) is 0.650. The SMILES string of the molecule is Cc1cccc(C=CC(=O)N(C)[C@H]2CC[C@@]3(O)[C@H]4Cc5cccc6c5[C@@]3(CCN4CC3CC3)[C@H]2O6)c1. The Morgan fingerprint density at radius 3 is 2.83 bits per heavy atom. The smallest absolute Gasteiger partial charge is 0.246 e. The van der Waals surface area contributed by atoms with Gasteiger partial charge in [0.2, 0.25) is 5.91 Å². The molecule has 2 bridgehead atoms. The highest BCUT2D eigenvalue weighted by Crippen LogP contribution is 2.64. The van der Waals surface area contributed by atoms with Gasteiger partial charge in [-0.3, -0.25) is 9.69 Å². The zero-order chi connectivity index (χ0) is 24.7. The van der Waals surface area contributed by atoms with Crippen LogP contribution in [0.3, 0.4) is 0 Å². The Bertz CT molecular complexity index is 1250. The number of nitrogens with zero attached hydrogens (tertiary/aromatic N) is 2. The molecule has 0 unspecified atom stereocenters. The largest absolute Gasteiger partial charge is 0.487 e. The van der Waals surface area contributed by atoms with Crippen LogP contribution in [0.25, 0.3) is 6.08 Å². The summed E-state index contributed by atoms with van der Waals surface area (Å²) in [6, 6.07) is 14.6. The van der Waals surface area contributed by atoms with Crippen LogP contribution in [0.15, 0.2) is 48.5 Å². The number of likely N-dealkylation sites (tertiary alicyclic amines) is 1. The first-order chi connectivity index (χ1) is 17.4. The first-order valence-electron chi connectivity index (χ1n) is 13.7. The van der Waals surface area contributed by atoms with Gasteiger partial charge in [0, 0.05) is 31.3 Å². The molecule has 1 saturated heterocycles. The summed E-state index contributed by atoms with van der Waals surface area (Å²) in [5.41, 5.74) is 3.51. The third-order valence-corrected chi connectivity index (χ3v) is 9.94. The van der Waals surface area contributed by atoms with Crippen LogP contribution in [0.1, 0.15) is 54.4 Å². The summed E-state index contributed by atoms with van der Waals surface area (Å²) in [6.45, 7) is 4.16. The number of likely N-dealkylation sites (N-methyl/N-ethyl adjacent to an activating group) is 1. The van der Waals surface area contributed by atoms with E-state index in [1.54, 1.807) is 6.08 Å². The minimum atomic E-state index is -0.817. The van der Waals surface area contributed by atoms with Gasteiger partial charge in [0.05, 0.1) is 17.1 Å². The molecule has 2 saturated carbocycles. The molecule has 5 aliphatic rings. The average Bonchev–Trinajstić information content (AvgIpc) is 3.61. The number of carbonyl (C=O) groups is 1. The molecule has 0 radical (unpaired) electrons. The van der Waals surface area contributed by atoms with Gasteiger partial charge in [-0.05, 0) is 81.2 Å². The monoisotopic (exact) mass is 484 g/mol. The van der Waals surface area contributed by atoms with Crippen LogP contribution in [-0.4, -0.2) is 64.7 Å². The maximum Gasteiger partial charge on any atom is 0.246 e. The number of benzene rings is 2. The molecule has 1 N–H and O–H groups in total. The van der Waals surface area contributed by atoms with Crippen molar-refractivity contribution in [2.24, 2.45) is 5.92 Å². The van der Waals surface area contributed by atoms with E-state index < -0.39 is 11.0 Å². The number of amides is 1. The second kappa shape index (κ2) is 7.93. The highest BCUT2D eigenvalue weighted by Gasteiger charge is 2.73. The minimum Gasteiger partial charge on any atom is -0.487 e. The molecular weight excluding hydrogens is 448 g/mol. The maximum absolute atomic E-state index is 13.4. The van der Waals surface area contributed by atoms with E-state index in [9.17, 15) is 9.90 Å². The molecule has 1 amide bonds. The summed E-state index contributed by atoms with van der Waals surface area (Å²) in [7, 11) is 1.91. The number of rotatable bonds is 5. The highest BCUT2D eigenvalue weighted by atomic mass is 16.5. The summed E-state index contributed by atoms with van der Waals surface area (Å²) in [4.78, 5) is 17.8. The molecule has 2 heterocycles. The summed E-state index contributed by atoms with van der Waals surface area (Å²) in [5.74, 6) is 1.71. The fourth-order valence-electron chi connectivity index (χ4n) is 8.04. The lowest BCUT2D eigenvalue weighted by atomic mass is 9.48. The molecule has 2 aromatic carbocycles. The van der Waals surface area contributed by atoms with Gasteiger partial charge in [0.15, 0.2) is 0 Å². The zero-order valence-electron chi connectivity index (χ0n) is 21.3. The van der Waals surface area contributed by atoms with Gasteiger partial charge in [0.1, 0.15) is 11.9 Å². The zero-order valence-corrected chi connectivity index (χ0v) is 21.3. The number of aryl methyl sites for hydroxylation is 1. The van der Waals surface area contributed by atoms with Crippen LogP contribution in [-0.2, 0) is 16.6 Å². The number of hydrogen-bond donors (Lipinski definition) is 1. The Morgan fingerprint density at radius 2 is 2.03 bits per heavy atom. The van der Waals surface area contributed by atoms with Gasteiger partial charge in [-0.1, -0.05) is 42.0 Å². The summed E-state index contributed by atoms with van der Waals surface area (Å²) >= 11 is 0. The lowest BCUT2D eigenvalue weighted by Crippen LogP contribution is -2.78. The van der Waals surface area contributed by atoms with Crippen LogP contribution >= 0.6 is 0 Å². The van der Waals surface area contributed by atoms with Gasteiger partial charge >= 0.3 is 0 Å². The summed E-state index contributed by atoms with van der Waals surface area (Å²) in [5, 5.41) is 12.6. The van der Waals surface area contributed by atoms with Gasteiger partial charge in [0.25, 0.3) is 0 Å². The lowest BCUT2D eigenvalue weighted by Gasteiger charge is -2.64. The van der Waals surface area contributed by atoms with Gasteiger partial charge in [-0.2, -0.15) is 0 Å². The van der Waals surface area contributed by atoms with Crippen molar-refractivity contribution in [2.45, 2.75) is 74.7 Å². The lowest BCUT2D eigenvalue weighted by molar-refractivity contribution is -0.200. The molecule has 2 aromatic rings. The fraction of sp³-hybridized carbons (Fsp3) is 0.516. The predicted octanol–water partition coefficient (Wildman–Crippen LogP) is 4.10. The first kappa shape index (κ1) is 22.6. The molecular formula is C31H36N2O3. The Labute approximate surface area is 213 Å². The molecule has 0 aromatic heterocycles. The van der Waals surface area contributed by atoms with E-state index in [1.165, 1.54) is 29.5 Å². The van der Waals surface area contributed by atoms with E-state index in [2.05, 4.69) is 42.2 Å². The van der Waals surface area contributed by atoms with E-state index in [0.29, 0.717) is 6.42 Å². The molecule has 3 fully saturated rings. The molecule has 7 rings (SSSR count). The fourth-order valence-corrected chi connectivity index (χ4v) is 8.04.